The number of benzene rings is 2. The maximum absolute atomic E-state index is 12.6. The van der Waals surface area contributed by atoms with Crippen molar-refractivity contribution in [3.8, 4) is 11.5 Å². The average molecular weight is 446 g/mol. The molecule has 0 radical (unpaired) electrons. The lowest BCUT2D eigenvalue weighted by Crippen LogP contribution is -2.24. The number of sulfonamides is 1. The molecule has 0 saturated heterocycles. The van der Waals surface area contributed by atoms with Gasteiger partial charge in [-0.3, -0.25) is 0 Å². The lowest BCUT2D eigenvalue weighted by atomic mass is 10.2. The van der Waals surface area contributed by atoms with Crippen molar-refractivity contribution in [2.24, 2.45) is 0 Å². The third-order valence-electron chi connectivity index (χ3n) is 3.53. The molecule has 2 aromatic carbocycles. The van der Waals surface area contributed by atoms with Crippen LogP contribution in [0, 0.1) is 4.91 Å². The van der Waals surface area contributed by atoms with E-state index in [0.29, 0.717) is 21.5 Å². The van der Waals surface area contributed by atoms with Gasteiger partial charge in [-0.25, -0.2) is 18.0 Å². The van der Waals surface area contributed by atoms with Gasteiger partial charge in [0.1, 0.15) is 16.4 Å². The fourth-order valence-corrected chi connectivity index (χ4v) is 4.15. The van der Waals surface area contributed by atoms with Crippen LogP contribution in [0.2, 0.25) is 0 Å². The summed E-state index contributed by atoms with van der Waals surface area (Å²) in [6.45, 7) is -0.00244. The Labute approximate surface area is 159 Å². The smallest absolute Gasteiger partial charge is 0.318 e. The first-order chi connectivity index (χ1) is 12.3. The molecule has 0 aromatic heterocycles. The number of rotatable bonds is 8. The number of ether oxygens (including phenoxy) is 2. The second kappa shape index (κ2) is 8.47. The van der Waals surface area contributed by atoms with Gasteiger partial charge in [0.15, 0.2) is 7.11 Å². The van der Waals surface area contributed by atoms with E-state index in [1.54, 1.807) is 18.2 Å². The SMILES string of the molecule is COc1ccc(CNS(=O)(=O)c2cc([N+](=O)OC)ccc2Br)c(OC)c1. The van der Waals surface area contributed by atoms with Crippen LogP contribution in [0.1, 0.15) is 5.56 Å². The van der Waals surface area contributed by atoms with Crippen LogP contribution in [-0.2, 0) is 21.4 Å². The van der Waals surface area contributed by atoms with Crippen LogP contribution in [0.3, 0.4) is 0 Å². The molecule has 0 fully saturated rings. The zero-order chi connectivity index (χ0) is 19.3. The molecule has 0 unspecified atom stereocenters. The average Bonchev–Trinajstić information content (AvgIpc) is 2.65. The second-order valence-corrected chi connectivity index (χ2v) is 7.65. The molecule has 0 amide bonds. The number of halogens is 1. The molecule has 2 rings (SSSR count). The van der Waals surface area contributed by atoms with Gasteiger partial charge in [0.05, 0.1) is 19.1 Å². The van der Waals surface area contributed by atoms with Crippen LogP contribution in [0.25, 0.3) is 0 Å². The molecule has 0 aliphatic carbocycles. The Morgan fingerprint density at radius 2 is 1.81 bits per heavy atom. The van der Waals surface area contributed by atoms with E-state index in [4.69, 9.17) is 9.47 Å². The highest BCUT2D eigenvalue weighted by molar-refractivity contribution is 9.10. The number of hydrogen-bond acceptors (Lipinski definition) is 6. The van der Waals surface area contributed by atoms with Crippen molar-refractivity contribution in [3.05, 3.63) is 51.3 Å². The normalized spacial score (nSPS) is 11.1. The Morgan fingerprint density at radius 3 is 2.42 bits per heavy atom. The van der Waals surface area contributed by atoms with E-state index in [1.165, 1.54) is 39.5 Å². The van der Waals surface area contributed by atoms with Crippen molar-refractivity contribution in [1.29, 1.82) is 0 Å². The summed E-state index contributed by atoms with van der Waals surface area (Å²) in [5.74, 6) is 1.09. The lowest BCUT2D eigenvalue weighted by Gasteiger charge is -2.12. The van der Waals surface area contributed by atoms with Crippen LogP contribution in [0.15, 0.2) is 45.8 Å². The first kappa shape index (κ1) is 20.1. The standard InChI is InChI=1S/C16H18BrN2O6S/c1-23-13-6-4-11(15(9-13)24-2)10-18-26(21,22)16-8-12(19(20)25-3)5-7-14(16)17/h4-9,18H,10H2,1-3H3/q+1. The predicted octanol–water partition coefficient (Wildman–Crippen LogP) is 2.92. The molecule has 1 N–H and O–H groups in total. The van der Waals surface area contributed by atoms with E-state index in [-0.39, 0.29) is 22.1 Å². The van der Waals surface area contributed by atoms with E-state index in [0.717, 1.165) is 0 Å². The number of hydrogen-bond donors (Lipinski definition) is 1. The minimum atomic E-state index is -3.90. The Balaban J connectivity index is 2.28. The maximum Gasteiger partial charge on any atom is 0.318 e. The van der Waals surface area contributed by atoms with E-state index in [2.05, 4.69) is 25.5 Å². The zero-order valence-electron chi connectivity index (χ0n) is 14.4. The van der Waals surface area contributed by atoms with Gasteiger partial charge in [0, 0.05) is 34.8 Å². The summed E-state index contributed by atoms with van der Waals surface area (Å²) in [6, 6.07) is 9.18. The summed E-state index contributed by atoms with van der Waals surface area (Å²) in [6.07, 6.45) is 0. The minimum absolute atomic E-state index is 0.00244. The molecule has 2 aromatic rings. The molecule has 26 heavy (non-hydrogen) atoms. The topological polar surface area (TPSA) is 93.9 Å². The molecule has 0 saturated carbocycles. The molecule has 10 heteroatoms. The molecule has 0 spiro atoms. The van der Waals surface area contributed by atoms with E-state index < -0.39 is 10.0 Å². The van der Waals surface area contributed by atoms with Gasteiger partial charge in [-0.05, 0) is 28.1 Å². The van der Waals surface area contributed by atoms with Crippen LogP contribution < -0.4 is 14.2 Å². The van der Waals surface area contributed by atoms with Gasteiger partial charge < -0.3 is 9.47 Å². The Morgan fingerprint density at radius 1 is 1.08 bits per heavy atom. The monoisotopic (exact) mass is 445 g/mol. The summed E-state index contributed by atoms with van der Waals surface area (Å²) in [5, 5.41) is 0. The van der Waals surface area contributed by atoms with Gasteiger partial charge >= 0.3 is 5.69 Å². The van der Waals surface area contributed by atoms with Crippen molar-refractivity contribution < 1.29 is 27.7 Å². The van der Waals surface area contributed by atoms with Crippen molar-refractivity contribution in [2.45, 2.75) is 11.4 Å². The van der Waals surface area contributed by atoms with Gasteiger partial charge in [-0.2, -0.15) is 0 Å². The van der Waals surface area contributed by atoms with Crippen molar-refractivity contribution >= 4 is 31.6 Å². The van der Waals surface area contributed by atoms with Crippen LogP contribution >= 0.6 is 15.9 Å². The highest BCUT2D eigenvalue weighted by Gasteiger charge is 2.24. The molecular formula is C16H18BrN2O6S+. The summed E-state index contributed by atoms with van der Waals surface area (Å²) in [7, 11) is 0.308. The maximum atomic E-state index is 12.6. The predicted molar refractivity (Wildman–Crippen MR) is 98.0 cm³/mol. The molecule has 0 aliphatic heterocycles. The van der Waals surface area contributed by atoms with Crippen LogP contribution in [0.4, 0.5) is 5.69 Å². The van der Waals surface area contributed by atoms with Crippen molar-refractivity contribution in [3.63, 3.8) is 0 Å². The molecule has 8 nitrogen and oxygen atoms in total. The first-order valence-electron chi connectivity index (χ1n) is 7.34. The highest BCUT2D eigenvalue weighted by Crippen LogP contribution is 2.28. The largest absolute Gasteiger partial charge is 0.497 e. The molecule has 140 valence electrons. The van der Waals surface area contributed by atoms with E-state index >= 15 is 0 Å². The van der Waals surface area contributed by atoms with Crippen molar-refractivity contribution in [2.75, 3.05) is 21.3 Å². The number of methoxy groups -OCH3 is 2. The lowest BCUT2D eigenvalue weighted by molar-refractivity contribution is -0.736. The quantitative estimate of drug-likeness (QED) is 0.627. The van der Waals surface area contributed by atoms with Crippen LogP contribution in [-0.4, -0.2) is 34.7 Å². The summed E-state index contributed by atoms with van der Waals surface area (Å²) < 4.78 is 38.5. The highest BCUT2D eigenvalue weighted by atomic mass is 79.9. The molecule has 0 heterocycles. The van der Waals surface area contributed by atoms with Gasteiger partial charge in [0.25, 0.3) is 4.92 Å². The molecular weight excluding hydrogens is 428 g/mol. The Kier molecular flexibility index (Phi) is 6.57. The van der Waals surface area contributed by atoms with Crippen LogP contribution in [0.5, 0.6) is 11.5 Å². The zero-order valence-corrected chi connectivity index (χ0v) is 16.8. The van der Waals surface area contributed by atoms with Gasteiger partial charge in [-0.1, -0.05) is 6.07 Å². The Bertz CT molecular complexity index is 917. The molecule has 0 atom stereocenters. The molecule has 0 bridgehead atoms. The third-order valence-corrected chi connectivity index (χ3v) is 5.92. The van der Waals surface area contributed by atoms with Gasteiger partial charge in [-0.15, -0.1) is 0 Å². The summed E-state index contributed by atoms with van der Waals surface area (Å²) >= 11 is 3.19. The summed E-state index contributed by atoms with van der Waals surface area (Å²) in [4.78, 5) is 16.2. The third kappa shape index (κ3) is 4.51. The minimum Gasteiger partial charge on any atom is -0.497 e. The fraction of sp³-hybridized carbons (Fsp3) is 0.250. The fourth-order valence-electron chi connectivity index (χ4n) is 2.17. The number of nitrogens with one attached hydrogen (secondary N) is 1. The van der Waals surface area contributed by atoms with Crippen molar-refractivity contribution in [1.82, 2.24) is 4.72 Å². The number of nitrogens with zero attached hydrogens (tertiary/aromatic N) is 1. The Hall–Kier alpha value is -2.17. The molecule has 0 aliphatic rings. The van der Waals surface area contributed by atoms with E-state index in [9.17, 15) is 13.3 Å². The summed E-state index contributed by atoms with van der Waals surface area (Å²) in [5.41, 5.74) is 0.685. The first-order valence-corrected chi connectivity index (χ1v) is 9.61. The van der Waals surface area contributed by atoms with E-state index in [1.807, 2.05) is 0 Å². The second-order valence-electron chi connectivity index (χ2n) is 5.06. The van der Waals surface area contributed by atoms with Gasteiger partial charge in [0.2, 0.25) is 10.0 Å².